The lowest BCUT2D eigenvalue weighted by Crippen LogP contribution is -2.42. The third-order valence-corrected chi connectivity index (χ3v) is 7.50. The quantitative estimate of drug-likeness (QED) is 0.569. The second kappa shape index (κ2) is 10.4. The van der Waals surface area contributed by atoms with Crippen LogP contribution in [0.5, 0.6) is 0 Å². The van der Waals surface area contributed by atoms with E-state index >= 15 is 0 Å². The van der Waals surface area contributed by atoms with E-state index in [4.69, 9.17) is 4.74 Å². The largest absolute Gasteiger partial charge is 0.452 e. The zero-order valence-electron chi connectivity index (χ0n) is 18.4. The highest BCUT2D eigenvalue weighted by molar-refractivity contribution is 7.89. The Labute approximate surface area is 192 Å². The molecule has 33 heavy (non-hydrogen) atoms. The molecule has 1 heterocycles. The third kappa shape index (κ3) is 5.94. The van der Waals surface area contributed by atoms with Crippen LogP contribution >= 0.6 is 0 Å². The summed E-state index contributed by atoms with van der Waals surface area (Å²) in [7, 11) is -2.47. The van der Waals surface area contributed by atoms with Gasteiger partial charge in [0.05, 0.1) is 5.92 Å². The summed E-state index contributed by atoms with van der Waals surface area (Å²) >= 11 is 0. The van der Waals surface area contributed by atoms with Gasteiger partial charge < -0.3 is 9.64 Å². The number of hydrogen-bond acceptors (Lipinski definition) is 5. The van der Waals surface area contributed by atoms with E-state index < -0.39 is 50.5 Å². The summed E-state index contributed by atoms with van der Waals surface area (Å²) in [6.07, 6.45) is -0.643. The molecule has 0 N–H and O–H groups in total. The second-order valence-electron chi connectivity index (χ2n) is 8.01. The van der Waals surface area contributed by atoms with Gasteiger partial charge in [-0.25, -0.2) is 17.2 Å². The Bertz CT molecular complexity index is 1120. The summed E-state index contributed by atoms with van der Waals surface area (Å²) in [4.78, 5) is 26.1. The van der Waals surface area contributed by atoms with E-state index in [1.165, 1.54) is 49.2 Å². The monoisotopic (exact) mass is 480 g/mol. The Hall–Kier alpha value is -2.85. The zero-order chi connectivity index (χ0) is 24.2. The molecule has 2 aromatic carbocycles. The van der Waals surface area contributed by atoms with Crippen LogP contribution in [0, 0.1) is 17.6 Å². The Balaban J connectivity index is 1.53. The van der Waals surface area contributed by atoms with Crippen molar-refractivity contribution in [3.05, 3.63) is 65.7 Å². The van der Waals surface area contributed by atoms with Crippen LogP contribution in [0.3, 0.4) is 0 Å². The van der Waals surface area contributed by atoms with Gasteiger partial charge in [0.1, 0.15) is 16.5 Å². The van der Waals surface area contributed by atoms with Gasteiger partial charge in [0.15, 0.2) is 6.10 Å². The number of sulfonamides is 1. The first-order valence-electron chi connectivity index (χ1n) is 10.5. The van der Waals surface area contributed by atoms with E-state index in [1.54, 1.807) is 12.1 Å². The molecule has 0 aliphatic carbocycles. The molecule has 10 heteroatoms. The van der Waals surface area contributed by atoms with Crippen molar-refractivity contribution >= 4 is 21.9 Å². The minimum atomic E-state index is -4.00. The molecule has 7 nitrogen and oxygen atoms in total. The van der Waals surface area contributed by atoms with Crippen LogP contribution in [0.25, 0.3) is 0 Å². The van der Waals surface area contributed by atoms with E-state index in [2.05, 4.69) is 0 Å². The topological polar surface area (TPSA) is 84.0 Å². The van der Waals surface area contributed by atoms with Crippen molar-refractivity contribution in [3.8, 4) is 0 Å². The average Bonchev–Trinajstić information content (AvgIpc) is 2.78. The molecule has 0 unspecified atom stereocenters. The maximum absolute atomic E-state index is 14.0. The highest BCUT2D eigenvalue weighted by Gasteiger charge is 2.35. The SMILES string of the molecule is C[C@@H](OC(=O)C1CCN(S(=O)(=O)c2ccccc2F)CC1)C(=O)N(C)Cc1cccc(F)c1. The van der Waals surface area contributed by atoms with Gasteiger partial charge in [-0.05, 0) is 49.6 Å². The number of esters is 1. The number of rotatable bonds is 7. The fourth-order valence-corrected chi connectivity index (χ4v) is 5.28. The van der Waals surface area contributed by atoms with Gasteiger partial charge in [0, 0.05) is 26.7 Å². The molecule has 0 radical (unpaired) electrons. The Morgan fingerprint density at radius 3 is 2.42 bits per heavy atom. The van der Waals surface area contributed by atoms with E-state index in [1.807, 2.05) is 0 Å². The van der Waals surface area contributed by atoms with Crippen molar-refractivity contribution in [2.24, 2.45) is 5.92 Å². The smallest absolute Gasteiger partial charge is 0.309 e. The normalized spacial score (nSPS) is 16.2. The molecular weight excluding hydrogens is 454 g/mol. The zero-order valence-corrected chi connectivity index (χ0v) is 19.2. The molecule has 1 aliphatic heterocycles. The van der Waals surface area contributed by atoms with E-state index in [-0.39, 0.29) is 32.5 Å². The number of nitrogens with zero attached hydrogens (tertiary/aromatic N) is 2. The molecule has 178 valence electrons. The minimum absolute atomic E-state index is 0.0399. The van der Waals surface area contributed by atoms with Crippen LogP contribution in [0.15, 0.2) is 53.4 Å². The standard InChI is InChI=1S/C23H26F2N2O5S/c1-16(22(28)26(2)15-17-6-5-7-19(24)14-17)32-23(29)18-10-12-27(13-11-18)33(30,31)21-9-4-3-8-20(21)25/h3-9,14,16,18H,10-13,15H2,1-2H3/t16-/m1/s1. The van der Waals surface area contributed by atoms with Crippen LogP contribution in [0.2, 0.25) is 0 Å². The van der Waals surface area contributed by atoms with E-state index in [0.29, 0.717) is 5.56 Å². The van der Waals surface area contributed by atoms with Gasteiger partial charge in [0.25, 0.3) is 5.91 Å². The van der Waals surface area contributed by atoms with Crippen molar-refractivity contribution in [1.82, 2.24) is 9.21 Å². The van der Waals surface area contributed by atoms with Gasteiger partial charge in [-0.3, -0.25) is 9.59 Å². The lowest BCUT2D eigenvalue weighted by Gasteiger charge is -2.31. The summed E-state index contributed by atoms with van der Waals surface area (Å²) < 4.78 is 59.2. The van der Waals surface area contributed by atoms with Crippen molar-refractivity contribution in [2.45, 2.75) is 37.3 Å². The van der Waals surface area contributed by atoms with Crippen LogP contribution in [-0.2, 0) is 30.9 Å². The average molecular weight is 481 g/mol. The molecule has 2 aromatic rings. The predicted octanol–water partition coefficient (Wildman–Crippen LogP) is 2.96. The lowest BCUT2D eigenvalue weighted by molar-refractivity contribution is -0.163. The molecule has 1 amide bonds. The summed E-state index contributed by atoms with van der Waals surface area (Å²) in [5.41, 5.74) is 0.604. The molecule has 0 bridgehead atoms. The van der Waals surface area contributed by atoms with Gasteiger partial charge in [-0.15, -0.1) is 0 Å². The van der Waals surface area contributed by atoms with E-state index in [0.717, 1.165) is 10.4 Å². The Morgan fingerprint density at radius 2 is 1.79 bits per heavy atom. The summed E-state index contributed by atoms with van der Waals surface area (Å²) in [5.74, 6) is -2.82. The Morgan fingerprint density at radius 1 is 1.12 bits per heavy atom. The van der Waals surface area contributed by atoms with Crippen molar-refractivity contribution < 1.29 is 31.5 Å². The highest BCUT2D eigenvalue weighted by atomic mass is 32.2. The molecule has 1 saturated heterocycles. The molecule has 0 aromatic heterocycles. The predicted molar refractivity (Wildman–Crippen MR) is 116 cm³/mol. The number of carbonyl (C=O) groups is 2. The molecule has 0 saturated carbocycles. The van der Waals surface area contributed by atoms with Crippen LogP contribution in [-0.4, -0.2) is 55.7 Å². The second-order valence-corrected chi connectivity index (χ2v) is 9.92. The Kier molecular flexibility index (Phi) is 7.80. The van der Waals surface area contributed by atoms with Crippen LogP contribution in [0.1, 0.15) is 25.3 Å². The number of benzene rings is 2. The fraction of sp³-hybridized carbons (Fsp3) is 0.391. The van der Waals surface area contributed by atoms with Gasteiger partial charge in [-0.1, -0.05) is 24.3 Å². The number of ether oxygens (including phenoxy) is 1. The maximum Gasteiger partial charge on any atom is 0.309 e. The number of carbonyl (C=O) groups excluding carboxylic acids is 2. The minimum Gasteiger partial charge on any atom is -0.452 e. The number of piperidine rings is 1. The molecule has 1 fully saturated rings. The first-order chi connectivity index (χ1) is 15.6. The summed E-state index contributed by atoms with van der Waals surface area (Å²) in [6, 6.07) is 11.0. The number of hydrogen-bond donors (Lipinski definition) is 0. The fourth-order valence-electron chi connectivity index (χ4n) is 3.74. The molecule has 1 atom stereocenters. The first-order valence-corrected chi connectivity index (χ1v) is 12.0. The highest BCUT2D eigenvalue weighted by Crippen LogP contribution is 2.26. The molecule has 1 aliphatic rings. The van der Waals surface area contributed by atoms with Gasteiger partial charge >= 0.3 is 5.97 Å². The molecule has 3 rings (SSSR count). The lowest BCUT2D eigenvalue weighted by atomic mass is 9.98. The molecular formula is C23H26F2N2O5S. The van der Waals surface area contributed by atoms with Gasteiger partial charge in [0.2, 0.25) is 10.0 Å². The number of amides is 1. The van der Waals surface area contributed by atoms with Crippen LogP contribution in [0.4, 0.5) is 8.78 Å². The molecule has 0 spiro atoms. The maximum atomic E-state index is 14.0. The van der Waals surface area contributed by atoms with Gasteiger partial charge in [-0.2, -0.15) is 4.31 Å². The van der Waals surface area contributed by atoms with Crippen molar-refractivity contribution in [1.29, 1.82) is 0 Å². The number of likely N-dealkylation sites (N-methyl/N-ethyl adjacent to an activating group) is 1. The first kappa shape index (κ1) is 24.8. The third-order valence-electron chi connectivity index (χ3n) is 5.57. The van der Waals surface area contributed by atoms with Crippen molar-refractivity contribution in [3.63, 3.8) is 0 Å². The van der Waals surface area contributed by atoms with Crippen molar-refractivity contribution in [2.75, 3.05) is 20.1 Å². The summed E-state index contributed by atoms with van der Waals surface area (Å²) in [5, 5.41) is 0. The van der Waals surface area contributed by atoms with E-state index in [9.17, 15) is 26.8 Å². The number of halogens is 2. The van der Waals surface area contributed by atoms with Crippen LogP contribution < -0.4 is 0 Å². The summed E-state index contributed by atoms with van der Waals surface area (Å²) in [6.45, 7) is 1.70.